The summed E-state index contributed by atoms with van der Waals surface area (Å²) < 4.78 is 50.4. The normalized spacial score (nSPS) is 12.5. The molecule has 0 aliphatic carbocycles. The van der Waals surface area contributed by atoms with E-state index in [4.69, 9.17) is 16.3 Å². The summed E-state index contributed by atoms with van der Waals surface area (Å²) in [7, 11) is 0. The van der Waals surface area contributed by atoms with Gasteiger partial charge in [0.15, 0.2) is 6.10 Å². The summed E-state index contributed by atoms with van der Waals surface area (Å²) in [4.78, 5) is 11.4. The molecule has 188 valence electrons. The van der Waals surface area contributed by atoms with E-state index in [0.717, 1.165) is 27.8 Å². The smallest absolute Gasteiger partial charge is 0.479 e. The molecule has 1 N–H and O–H groups in total. The fraction of sp³-hybridized carbons (Fsp3) is 0.222. The van der Waals surface area contributed by atoms with Crippen molar-refractivity contribution >= 4 is 28.5 Å². The predicted molar refractivity (Wildman–Crippen MR) is 132 cm³/mol. The number of carboxylic acids is 1. The first kappa shape index (κ1) is 25.4. The molecule has 0 aliphatic rings. The lowest BCUT2D eigenvalue weighted by Gasteiger charge is -2.15. The molecule has 1 heterocycles. The standard InChI is InChI=1S/C27H23ClF3NO4/c1-3-24(26(33)34)35-20-6-4-5-17(13-20)15-32-16(2)25(18-7-9-19(28)10-8-18)22-12-11-21(14-23(22)32)36-27(29,30)31/h4-14,24H,3,15H2,1-2H3,(H,33,34). The van der Waals surface area contributed by atoms with Crippen LogP contribution in [-0.4, -0.2) is 28.1 Å². The number of nitrogens with zero attached hydrogens (tertiary/aromatic N) is 1. The molecule has 1 unspecified atom stereocenters. The van der Waals surface area contributed by atoms with Gasteiger partial charge in [0.2, 0.25) is 0 Å². The fourth-order valence-corrected chi connectivity index (χ4v) is 4.34. The molecular formula is C27H23ClF3NO4. The SMILES string of the molecule is CCC(Oc1cccc(Cn2c(C)c(-c3ccc(Cl)cc3)c3ccc(OC(F)(F)F)cc32)c1)C(=O)O. The van der Waals surface area contributed by atoms with Crippen LogP contribution in [0.4, 0.5) is 13.2 Å². The Morgan fingerprint density at radius 3 is 2.42 bits per heavy atom. The van der Waals surface area contributed by atoms with Gasteiger partial charge in [0.25, 0.3) is 0 Å². The van der Waals surface area contributed by atoms with Crippen molar-refractivity contribution in [2.45, 2.75) is 39.3 Å². The van der Waals surface area contributed by atoms with Crippen molar-refractivity contribution in [2.75, 3.05) is 0 Å². The Balaban J connectivity index is 1.80. The quantitative estimate of drug-likeness (QED) is 0.263. The predicted octanol–water partition coefficient (Wildman–Crippen LogP) is 7.46. The van der Waals surface area contributed by atoms with E-state index in [2.05, 4.69) is 4.74 Å². The molecule has 5 nitrogen and oxygen atoms in total. The van der Waals surface area contributed by atoms with E-state index in [1.165, 1.54) is 12.1 Å². The molecule has 4 rings (SSSR count). The van der Waals surface area contributed by atoms with Crippen LogP contribution in [0.15, 0.2) is 66.7 Å². The summed E-state index contributed by atoms with van der Waals surface area (Å²) in [5.41, 5.74) is 3.92. The van der Waals surface area contributed by atoms with Gasteiger partial charge >= 0.3 is 12.3 Å². The van der Waals surface area contributed by atoms with Gasteiger partial charge in [-0.3, -0.25) is 0 Å². The molecule has 0 spiro atoms. The Hall–Kier alpha value is -3.65. The summed E-state index contributed by atoms with van der Waals surface area (Å²) in [6, 6.07) is 18.5. The van der Waals surface area contributed by atoms with Crippen LogP contribution in [0.2, 0.25) is 5.02 Å². The highest BCUT2D eigenvalue weighted by Gasteiger charge is 2.31. The molecule has 0 saturated carbocycles. The highest BCUT2D eigenvalue weighted by atomic mass is 35.5. The molecular weight excluding hydrogens is 495 g/mol. The monoisotopic (exact) mass is 517 g/mol. The maximum absolute atomic E-state index is 12.9. The average molecular weight is 518 g/mol. The number of hydrogen-bond donors (Lipinski definition) is 1. The zero-order chi connectivity index (χ0) is 26.0. The third-order valence-electron chi connectivity index (χ3n) is 5.83. The summed E-state index contributed by atoms with van der Waals surface area (Å²) in [6.07, 6.45) is -5.49. The molecule has 4 aromatic rings. The second-order valence-electron chi connectivity index (χ2n) is 8.28. The van der Waals surface area contributed by atoms with Crippen LogP contribution in [0.25, 0.3) is 22.0 Å². The Bertz CT molecular complexity index is 1400. The summed E-state index contributed by atoms with van der Waals surface area (Å²) in [5, 5.41) is 10.6. The van der Waals surface area contributed by atoms with Crippen LogP contribution in [0, 0.1) is 6.92 Å². The van der Waals surface area contributed by atoms with E-state index in [0.29, 0.717) is 29.3 Å². The highest BCUT2D eigenvalue weighted by molar-refractivity contribution is 6.30. The van der Waals surface area contributed by atoms with Crippen LogP contribution < -0.4 is 9.47 Å². The minimum Gasteiger partial charge on any atom is -0.479 e. The van der Waals surface area contributed by atoms with Gasteiger partial charge in [0, 0.05) is 34.3 Å². The van der Waals surface area contributed by atoms with E-state index in [9.17, 15) is 23.1 Å². The van der Waals surface area contributed by atoms with Gasteiger partial charge in [-0.15, -0.1) is 13.2 Å². The Morgan fingerprint density at radius 2 is 1.78 bits per heavy atom. The van der Waals surface area contributed by atoms with Crippen LogP contribution in [0.5, 0.6) is 11.5 Å². The van der Waals surface area contributed by atoms with Crippen LogP contribution in [0.3, 0.4) is 0 Å². The van der Waals surface area contributed by atoms with E-state index in [-0.39, 0.29) is 5.75 Å². The number of ether oxygens (including phenoxy) is 2. The van der Waals surface area contributed by atoms with Crippen LogP contribution in [-0.2, 0) is 11.3 Å². The third kappa shape index (κ3) is 5.60. The van der Waals surface area contributed by atoms with Crippen molar-refractivity contribution in [3.05, 3.63) is 83.0 Å². The minimum absolute atomic E-state index is 0.299. The zero-order valence-electron chi connectivity index (χ0n) is 19.5. The highest BCUT2D eigenvalue weighted by Crippen LogP contribution is 2.38. The number of carbonyl (C=O) groups is 1. The lowest BCUT2D eigenvalue weighted by Crippen LogP contribution is -2.25. The number of alkyl halides is 3. The molecule has 0 bridgehead atoms. The Morgan fingerprint density at radius 1 is 1.06 bits per heavy atom. The first-order valence-electron chi connectivity index (χ1n) is 11.2. The van der Waals surface area contributed by atoms with Crippen molar-refractivity contribution in [2.24, 2.45) is 0 Å². The first-order chi connectivity index (χ1) is 17.1. The number of fused-ring (bicyclic) bond motifs is 1. The molecule has 0 aliphatic heterocycles. The van der Waals surface area contributed by atoms with Crippen molar-refractivity contribution in [1.29, 1.82) is 0 Å². The molecule has 36 heavy (non-hydrogen) atoms. The van der Waals surface area contributed by atoms with Gasteiger partial charge in [0.1, 0.15) is 11.5 Å². The van der Waals surface area contributed by atoms with Crippen molar-refractivity contribution in [3.63, 3.8) is 0 Å². The number of aliphatic carboxylic acids is 1. The maximum Gasteiger partial charge on any atom is 0.573 e. The number of hydrogen-bond acceptors (Lipinski definition) is 3. The first-order valence-corrected chi connectivity index (χ1v) is 11.6. The molecule has 1 atom stereocenters. The van der Waals surface area contributed by atoms with Gasteiger partial charge in [-0.25, -0.2) is 4.79 Å². The molecule has 1 aromatic heterocycles. The van der Waals surface area contributed by atoms with Gasteiger partial charge in [-0.2, -0.15) is 0 Å². The lowest BCUT2D eigenvalue weighted by atomic mass is 10.0. The average Bonchev–Trinajstić information content (AvgIpc) is 3.08. The molecule has 0 fully saturated rings. The van der Waals surface area contributed by atoms with E-state index >= 15 is 0 Å². The van der Waals surface area contributed by atoms with Crippen molar-refractivity contribution in [1.82, 2.24) is 4.57 Å². The molecule has 9 heteroatoms. The van der Waals surface area contributed by atoms with E-state index in [1.54, 1.807) is 43.3 Å². The van der Waals surface area contributed by atoms with Gasteiger partial charge < -0.3 is 19.1 Å². The number of carboxylic acid groups (broad SMARTS) is 1. The van der Waals surface area contributed by atoms with Gasteiger partial charge in [-0.05, 0) is 60.9 Å². The second kappa shape index (κ2) is 10.1. The summed E-state index contributed by atoms with van der Waals surface area (Å²) >= 11 is 6.06. The largest absolute Gasteiger partial charge is 0.573 e. The minimum atomic E-state index is -4.81. The molecule has 3 aromatic carbocycles. The second-order valence-corrected chi connectivity index (χ2v) is 8.72. The number of benzene rings is 3. The lowest BCUT2D eigenvalue weighted by molar-refractivity contribution is -0.274. The summed E-state index contributed by atoms with van der Waals surface area (Å²) in [5.74, 6) is -0.976. The number of rotatable bonds is 8. The Kier molecular flexibility index (Phi) is 7.17. The van der Waals surface area contributed by atoms with E-state index in [1.807, 2.05) is 29.7 Å². The van der Waals surface area contributed by atoms with E-state index < -0.39 is 18.4 Å². The molecule has 0 radical (unpaired) electrons. The number of halogens is 4. The van der Waals surface area contributed by atoms with Crippen molar-refractivity contribution < 1.29 is 32.5 Å². The van der Waals surface area contributed by atoms with Crippen molar-refractivity contribution in [3.8, 4) is 22.6 Å². The Labute approximate surface area is 210 Å². The topological polar surface area (TPSA) is 60.7 Å². The number of aromatic nitrogens is 1. The van der Waals surface area contributed by atoms with Crippen LogP contribution in [0.1, 0.15) is 24.6 Å². The molecule has 0 saturated heterocycles. The maximum atomic E-state index is 12.9. The van der Waals surface area contributed by atoms with Crippen LogP contribution >= 0.6 is 11.6 Å². The zero-order valence-corrected chi connectivity index (χ0v) is 20.2. The fourth-order valence-electron chi connectivity index (χ4n) is 4.21. The third-order valence-corrected chi connectivity index (χ3v) is 6.08. The van der Waals surface area contributed by atoms with Gasteiger partial charge in [0.05, 0.1) is 5.52 Å². The molecule has 0 amide bonds. The van der Waals surface area contributed by atoms with Gasteiger partial charge in [-0.1, -0.05) is 42.8 Å². The summed E-state index contributed by atoms with van der Waals surface area (Å²) in [6.45, 7) is 3.93.